The summed E-state index contributed by atoms with van der Waals surface area (Å²) < 4.78 is 0. The summed E-state index contributed by atoms with van der Waals surface area (Å²) in [6.45, 7) is 32.5. The lowest BCUT2D eigenvalue weighted by molar-refractivity contribution is 1.09. The molecule has 0 aliphatic heterocycles. The van der Waals surface area contributed by atoms with Crippen molar-refractivity contribution in [2.24, 2.45) is 0 Å². The lowest BCUT2D eigenvalue weighted by Gasteiger charge is -1.69. The van der Waals surface area contributed by atoms with Gasteiger partial charge in [0.2, 0.25) is 0 Å². The Balaban J connectivity index is -0.0000000348. The summed E-state index contributed by atoms with van der Waals surface area (Å²) in [6, 6.07) is 36.0. The van der Waals surface area contributed by atoms with Gasteiger partial charge < -0.3 is 0 Å². The van der Waals surface area contributed by atoms with E-state index in [0.29, 0.717) is 0 Å². The van der Waals surface area contributed by atoms with Gasteiger partial charge in [-0.15, -0.1) is 0 Å². The molecule has 0 heterocycles. The molecule has 37 heavy (non-hydrogen) atoms. The van der Waals surface area contributed by atoms with Gasteiger partial charge in [0.25, 0.3) is 0 Å². The van der Waals surface area contributed by atoms with Crippen LogP contribution < -0.4 is 0 Å². The van der Waals surface area contributed by atoms with Gasteiger partial charge in [0.1, 0.15) is 0 Å². The van der Waals surface area contributed by atoms with Crippen molar-refractivity contribution >= 4 is 0 Å². The second-order valence-electron chi connectivity index (χ2n) is 4.88. The van der Waals surface area contributed by atoms with Crippen molar-refractivity contribution in [1.29, 1.82) is 0 Å². The second kappa shape index (κ2) is 115. The largest absolute Gasteiger partial charge is 0.0776 e. The Morgan fingerprint density at radius 3 is 0.270 bits per heavy atom. The molecule has 0 unspecified atom stereocenters. The Morgan fingerprint density at radius 1 is 0.216 bits per heavy atom. The SMILES string of the molecule is C.CC.CC.CC.CC.CC.CC.CCC.CCC.c1ccccc1.c1ccccc1.c1ccccc1. The van der Waals surface area contributed by atoms with Crippen LogP contribution >= 0.6 is 0 Å². The Hall–Kier alpha value is -2.34. The molecule has 0 aliphatic carbocycles. The molecule has 3 aromatic rings. The van der Waals surface area contributed by atoms with Crippen LogP contribution in [0.5, 0.6) is 0 Å². The minimum atomic E-state index is 0. The number of rotatable bonds is 0. The Bertz CT molecular complexity index is 317. The molecular formula is C37H74. The lowest BCUT2D eigenvalue weighted by atomic mass is 10.4. The number of hydrogen-bond donors (Lipinski definition) is 0. The molecule has 3 aromatic carbocycles. The molecule has 0 aromatic heterocycles. The highest BCUT2D eigenvalue weighted by atomic mass is 13.7. The second-order valence-corrected chi connectivity index (χ2v) is 4.88. The number of benzene rings is 3. The summed E-state index contributed by atoms with van der Waals surface area (Å²) in [5.74, 6) is 0. The molecule has 222 valence electrons. The van der Waals surface area contributed by atoms with Gasteiger partial charge in [0.15, 0.2) is 0 Å². The topological polar surface area (TPSA) is 0 Å². The molecule has 0 aliphatic rings. The molecule has 0 saturated heterocycles. The van der Waals surface area contributed by atoms with Crippen molar-refractivity contribution in [1.82, 2.24) is 0 Å². The van der Waals surface area contributed by atoms with E-state index in [9.17, 15) is 0 Å². The van der Waals surface area contributed by atoms with Crippen LogP contribution in [0.25, 0.3) is 0 Å². The molecule has 0 fully saturated rings. The fourth-order valence-corrected chi connectivity index (χ4v) is 1.15. The average Bonchev–Trinajstić information content (AvgIpc) is 3.03. The van der Waals surface area contributed by atoms with Gasteiger partial charge in [0, 0.05) is 0 Å². The maximum absolute atomic E-state index is 2.12. The Morgan fingerprint density at radius 2 is 0.243 bits per heavy atom. The van der Waals surface area contributed by atoms with E-state index < -0.39 is 0 Å². The van der Waals surface area contributed by atoms with Crippen molar-refractivity contribution in [2.45, 2.75) is 131 Å². The summed E-state index contributed by atoms with van der Waals surface area (Å²) in [5, 5.41) is 0. The third kappa shape index (κ3) is 138. The van der Waals surface area contributed by atoms with Crippen LogP contribution in [0.1, 0.15) is 131 Å². The van der Waals surface area contributed by atoms with Crippen LogP contribution in [0.3, 0.4) is 0 Å². The third-order valence-corrected chi connectivity index (χ3v) is 2.00. The van der Waals surface area contributed by atoms with Crippen LogP contribution in [-0.2, 0) is 0 Å². The van der Waals surface area contributed by atoms with Crippen molar-refractivity contribution in [2.75, 3.05) is 0 Å². The first-order valence-corrected chi connectivity index (χ1v) is 14.8. The molecule has 0 heteroatoms. The molecule has 0 nitrogen and oxygen atoms in total. The molecule has 0 N–H and O–H groups in total. The lowest BCUT2D eigenvalue weighted by Crippen LogP contribution is -1.47. The standard InChI is InChI=1S/3C6H6.2C3H8.6C2H6.CH4/c3*1-2-4-6-5-3-1;2*1-3-2;6*1-2;/h3*1-6H;2*3H2,1-2H3;6*1-2H3;1H4. The third-order valence-electron chi connectivity index (χ3n) is 2.00. The van der Waals surface area contributed by atoms with Gasteiger partial charge in [-0.2, -0.15) is 0 Å². The van der Waals surface area contributed by atoms with E-state index in [1.54, 1.807) is 0 Å². The van der Waals surface area contributed by atoms with Gasteiger partial charge in [-0.3, -0.25) is 0 Å². The van der Waals surface area contributed by atoms with Crippen LogP contribution in [0.15, 0.2) is 109 Å². The number of hydrogen-bond acceptors (Lipinski definition) is 0. The Kier molecular flexibility index (Phi) is 186. The van der Waals surface area contributed by atoms with Crippen molar-refractivity contribution in [3.8, 4) is 0 Å². The highest BCUT2D eigenvalue weighted by Gasteiger charge is 1.59. The molecular weight excluding hydrogens is 444 g/mol. The molecule has 0 spiro atoms. The fourth-order valence-electron chi connectivity index (χ4n) is 1.15. The van der Waals surface area contributed by atoms with Crippen molar-refractivity contribution < 1.29 is 0 Å². The maximum atomic E-state index is 2.12. The van der Waals surface area contributed by atoms with Crippen LogP contribution in [0.4, 0.5) is 0 Å². The van der Waals surface area contributed by atoms with Gasteiger partial charge in [0.05, 0.1) is 0 Å². The summed E-state index contributed by atoms with van der Waals surface area (Å²) in [6.07, 6.45) is 2.50. The van der Waals surface area contributed by atoms with Gasteiger partial charge in [-0.25, -0.2) is 0 Å². The van der Waals surface area contributed by atoms with E-state index in [2.05, 4.69) is 27.7 Å². The van der Waals surface area contributed by atoms with E-state index in [4.69, 9.17) is 0 Å². The molecule has 0 bridgehead atoms. The first-order chi connectivity index (χ1) is 17.8. The molecule has 3 rings (SSSR count). The van der Waals surface area contributed by atoms with Crippen LogP contribution in [-0.4, -0.2) is 0 Å². The zero-order valence-electron chi connectivity index (χ0n) is 27.8. The quantitative estimate of drug-likeness (QED) is 0.277. The minimum absolute atomic E-state index is 0. The normalized spacial score (nSPS) is 5.84. The van der Waals surface area contributed by atoms with E-state index in [1.165, 1.54) is 12.8 Å². The van der Waals surface area contributed by atoms with E-state index in [1.807, 2.05) is 192 Å². The first kappa shape index (κ1) is 59.6. The molecule has 0 atom stereocenters. The van der Waals surface area contributed by atoms with Crippen molar-refractivity contribution in [3.05, 3.63) is 109 Å². The summed E-state index contributed by atoms with van der Waals surface area (Å²) in [7, 11) is 0. The van der Waals surface area contributed by atoms with Gasteiger partial charge >= 0.3 is 0 Å². The predicted molar refractivity (Wildman–Crippen MR) is 186 cm³/mol. The predicted octanol–water partition coefficient (Wildman–Crippen LogP) is 14.7. The first-order valence-electron chi connectivity index (χ1n) is 14.8. The average molecular weight is 519 g/mol. The highest BCUT2D eigenvalue weighted by Crippen LogP contribution is 1.81. The van der Waals surface area contributed by atoms with Gasteiger partial charge in [-0.1, -0.05) is 240 Å². The molecule has 0 saturated carbocycles. The molecule has 0 amide bonds. The van der Waals surface area contributed by atoms with Crippen molar-refractivity contribution in [3.63, 3.8) is 0 Å². The van der Waals surface area contributed by atoms with Crippen LogP contribution in [0, 0.1) is 0 Å². The maximum Gasteiger partial charge on any atom is -0.0590 e. The zero-order chi connectivity index (χ0) is 30.1. The molecule has 0 radical (unpaired) electrons. The minimum Gasteiger partial charge on any atom is -0.0776 e. The highest BCUT2D eigenvalue weighted by molar-refractivity contribution is 5.00. The van der Waals surface area contributed by atoms with Crippen LogP contribution in [0.2, 0.25) is 0 Å². The van der Waals surface area contributed by atoms with Gasteiger partial charge in [-0.05, 0) is 0 Å². The summed E-state index contributed by atoms with van der Waals surface area (Å²) in [4.78, 5) is 0. The Labute approximate surface area is 240 Å². The van der Waals surface area contributed by atoms with E-state index >= 15 is 0 Å². The fraction of sp³-hybridized carbons (Fsp3) is 0.514. The zero-order valence-corrected chi connectivity index (χ0v) is 27.8. The summed E-state index contributed by atoms with van der Waals surface area (Å²) >= 11 is 0. The smallest absolute Gasteiger partial charge is 0.0590 e. The van der Waals surface area contributed by atoms with E-state index in [-0.39, 0.29) is 7.43 Å². The summed E-state index contributed by atoms with van der Waals surface area (Å²) in [5.41, 5.74) is 0. The van der Waals surface area contributed by atoms with E-state index in [0.717, 1.165) is 0 Å². The monoisotopic (exact) mass is 519 g/mol.